The summed E-state index contributed by atoms with van der Waals surface area (Å²) in [6.07, 6.45) is 0. The third kappa shape index (κ3) is 7.87. The van der Waals surface area contributed by atoms with Gasteiger partial charge in [0, 0.05) is 11.9 Å². The van der Waals surface area contributed by atoms with E-state index in [-0.39, 0.29) is 35.4 Å². The molecule has 1 aromatic heterocycles. The molecule has 0 unspecified atom stereocenters. The molecular weight excluding hydrogens is 716 g/mol. The number of aromatic hydroxyl groups is 2. The smallest absolute Gasteiger partial charge is 0.350 e. The van der Waals surface area contributed by atoms with Crippen molar-refractivity contribution in [3.8, 4) is 11.5 Å². The highest BCUT2D eigenvalue weighted by Gasteiger charge is 2.50. The minimum Gasteiger partial charge on any atom is -0.504 e. The molecule has 3 heterocycles. The number of carbonyl (C=O) groups excluding carboxylic acids is 5. The first-order valence-corrected chi connectivity index (χ1v) is 16.0. The number of halogens is 1. The van der Waals surface area contributed by atoms with Gasteiger partial charge in [0.1, 0.15) is 23.7 Å². The lowest BCUT2D eigenvalue weighted by atomic mass is 10.1. The number of likely N-dealkylation sites (tertiary alicyclic amines) is 1. The number of β-lactam (4-membered cyclic amide) rings is 1. The highest BCUT2D eigenvalue weighted by molar-refractivity contribution is 8.00. The van der Waals surface area contributed by atoms with Crippen LogP contribution in [0.2, 0.25) is 5.02 Å². The van der Waals surface area contributed by atoms with Crippen molar-refractivity contribution in [2.24, 2.45) is 5.16 Å². The molecule has 2 aliphatic rings. The molecule has 0 saturated carbocycles. The number of aromatic nitrogens is 1. The van der Waals surface area contributed by atoms with E-state index in [1.807, 2.05) is 0 Å². The molecule has 1 aromatic carbocycles. The number of thiazole rings is 1. The average molecular weight is 743 g/mol. The first-order valence-electron chi connectivity index (χ1n) is 13.7. The minimum atomic E-state index is -1.87. The number of rotatable bonds is 13. The van der Waals surface area contributed by atoms with Gasteiger partial charge in [0.25, 0.3) is 11.8 Å². The zero-order chi connectivity index (χ0) is 36.4. The number of thioether (sulfide) groups is 1. The molecule has 2 aromatic rings. The van der Waals surface area contributed by atoms with Crippen molar-refractivity contribution < 1.29 is 58.8 Å². The molecule has 0 bridgehead atoms. The number of oxime groups is 1. The number of hydrazine groups is 1. The second kappa shape index (κ2) is 14.4. The summed E-state index contributed by atoms with van der Waals surface area (Å²) >= 11 is 7.69. The second-order valence-electron chi connectivity index (χ2n) is 10.7. The molecule has 4 rings (SSSR count). The van der Waals surface area contributed by atoms with Crippen molar-refractivity contribution in [1.29, 1.82) is 0 Å². The van der Waals surface area contributed by atoms with Crippen molar-refractivity contribution in [2.75, 3.05) is 31.2 Å². The summed E-state index contributed by atoms with van der Waals surface area (Å²) < 4.78 is 0. The first kappa shape index (κ1) is 36.5. The van der Waals surface area contributed by atoms with Gasteiger partial charge < -0.3 is 46.1 Å². The molecule has 0 radical (unpaired) electrons. The van der Waals surface area contributed by atoms with Crippen LogP contribution in [0.15, 0.2) is 22.7 Å². The molecule has 0 aliphatic carbocycles. The normalized spacial score (nSPS) is 18.2. The lowest BCUT2D eigenvalue weighted by Crippen LogP contribution is -2.71. The number of nitrogens with two attached hydrogens (primary N) is 1. The number of nitrogens with one attached hydrogen (secondary N) is 2. The van der Waals surface area contributed by atoms with E-state index < -0.39 is 87.3 Å². The molecule has 49 heavy (non-hydrogen) atoms. The minimum absolute atomic E-state index is 0.0381. The molecule has 5 amide bonds. The third-order valence-electron chi connectivity index (χ3n) is 6.88. The standard InChI is InChI=1S/C26H27ClN8O12S2/c1-26(2,24(45)46)47-32-15(11-8-48-25(28)29-11)19(41)30-16-20(42)34(7-13(37)38)23(16)49-9-33-5-6-35(22(44)21(33)43)31-18(40)10-3-4-12(36)17(39)14(10)27/h3-4,8,16,23,36,39H,5-7,9H2,1-2H3,(H2,28,29)(H,30,41)(H,31,40)(H,37,38)(H,45,46)/b32-15-/t16-,23-/m1/s1. The van der Waals surface area contributed by atoms with Gasteiger partial charge >= 0.3 is 23.8 Å². The van der Waals surface area contributed by atoms with Gasteiger partial charge in [0.15, 0.2) is 22.3 Å². The van der Waals surface area contributed by atoms with Crippen LogP contribution in [0, 0.1) is 0 Å². The van der Waals surface area contributed by atoms with Gasteiger partial charge in [-0.25, -0.2) is 14.8 Å². The quantitative estimate of drug-likeness (QED) is 0.0418. The van der Waals surface area contributed by atoms with Crippen LogP contribution in [0.4, 0.5) is 5.13 Å². The SMILES string of the molecule is CC(C)(O/N=C(\C(=O)N[C@@H]1C(=O)N(CC(=O)O)[C@@H]1SCN1CCN(NC(=O)c2ccc(O)c(O)c2Cl)C(=O)C1=O)c1csc(N)n1)C(=O)O. The Labute approximate surface area is 288 Å². The number of nitrogen functional groups attached to an aromatic ring is 1. The molecule has 2 aliphatic heterocycles. The number of carboxylic acid groups (broad SMARTS) is 2. The van der Waals surface area contributed by atoms with Gasteiger partial charge in [-0.15, -0.1) is 23.1 Å². The fourth-order valence-electron chi connectivity index (χ4n) is 4.15. The van der Waals surface area contributed by atoms with Crippen LogP contribution < -0.4 is 16.5 Å². The maximum Gasteiger partial charge on any atom is 0.350 e. The maximum absolute atomic E-state index is 13.3. The Morgan fingerprint density at radius 3 is 2.47 bits per heavy atom. The molecule has 2 atom stereocenters. The molecule has 2 fully saturated rings. The Kier molecular flexibility index (Phi) is 10.7. The number of carboxylic acids is 2. The number of benzene rings is 1. The van der Waals surface area contributed by atoms with Crippen LogP contribution in [-0.2, 0) is 33.6 Å². The summed E-state index contributed by atoms with van der Waals surface area (Å²) in [7, 11) is 0. The van der Waals surface area contributed by atoms with Crippen LogP contribution in [0.1, 0.15) is 29.9 Å². The van der Waals surface area contributed by atoms with E-state index in [9.17, 15) is 54.0 Å². The molecule has 20 nitrogen and oxygen atoms in total. The number of anilines is 1. The molecule has 0 spiro atoms. The van der Waals surface area contributed by atoms with E-state index in [4.69, 9.17) is 22.2 Å². The Morgan fingerprint density at radius 2 is 1.86 bits per heavy atom. The van der Waals surface area contributed by atoms with Crippen molar-refractivity contribution in [1.82, 2.24) is 30.5 Å². The first-order chi connectivity index (χ1) is 22.9. The van der Waals surface area contributed by atoms with Crippen molar-refractivity contribution in [2.45, 2.75) is 30.9 Å². The summed E-state index contributed by atoms with van der Waals surface area (Å²) in [5.74, 6) is -9.38. The Balaban J connectivity index is 1.45. The summed E-state index contributed by atoms with van der Waals surface area (Å²) in [6, 6.07) is 0.737. The van der Waals surface area contributed by atoms with E-state index in [1.54, 1.807) is 0 Å². The van der Waals surface area contributed by atoms with E-state index in [0.29, 0.717) is 0 Å². The van der Waals surface area contributed by atoms with Crippen molar-refractivity contribution in [3.05, 3.63) is 33.8 Å². The van der Waals surface area contributed by atoms with Gasteiger partial charge in [0.2, 0.25) is 11.5 Å². The van der Waals surface area contributed by atoms with Crippen LogP contribution in [0.5, 0.6) is 11.5 Å². The summed E-state index contributed by atoms with van der Waals surface area (Å²) in [4.78, 5) is 98.6. The van der Waals surface area contributed by atoms with Crippen LogP contribution in [-0.4, -0.2) is 130 Å². The van der Waals surface area contributed by atoms with Gasteiger partial charge in [-0.2, -0.15) is 0 Å². The molecule has 8 N–H and O–H groups in total. The van der Waals surface area contributed by atoms with Crippen molar-refractivity contribution >= 4 is 87.0 Å². The molecule has 23 heteroatoms. The predicted octanol–water partition coefficient (Wildman–Crippen LogP) is -1.18. The fourth-order valence-corrected chi connectivity index (χ4v) is 6.26. The van der Waals surface area contributed by atoms with Gasteiger partial charge in [0.05, 0.1) is 23.0 Å². The highest BCUT2D eigenvalue weighted by Crippen LogP contribution is 2.35. The zero-order valence-corrected chi connectivity index (χ0v) is 27.7. The van der Waals surface area contributed by atoms with Crippen LogP contribution in [0.3, 0.4) is 0 Å². The number of phenols is 2. The summed E-state index contributed by atoms with van der Waals surface area (Å²) in [5, 5.41) is 44.6. The lowest BCUT2D eigenvalue weighted by Gasteiger charge is -2.46. The largest absolute Gasteiger partial charge is 0.504 e. The van der Waals surface area contributed by atoms with E-state index in [2.05, 4.69) is 20.9 Å². The maximum atomic E-state index is 13.3. The predicted molar refractivity (Wildman–Crippen MR) is 169 cm³/mol. The summed E-state index contributed by atoms with van der Waals surface area (Å²) in [5.41, 5.74) is 5.08. The highest BCUT2D eigenvalue weighted by atomic mass is 35.5. The number of nitrogens with zero attached hydrogens (tertiary/aromatic N) is 5. The van der Waals surface area contributed by atoms with Gasteiger partial charge in [-0.3, -0.25) is 34.2 Å². The van der Waals surface area contributed by atoms with Crippen LogP contribution >= 0.6 is 34.7 Å². The van der Waals surface area contributed by atoms with Crippen LogP contribution in [0.25, 0.3) is 0 Å². The number of hydrogen-bond donors (Lipinski definition) is 7. The van der Waals surface area contributed by atoms with E-state index in [0.717, 1.165) is 50.0 Å². The topological polar surface area (TPSA) is 295 Å². The number of phenolic OH excluding ortho intramolecular Hbond substituents is 2. The Morgan fingerprint density at radius 1 is 1.16 bits per heavy atom. The fraction of sp³-hybridized carbons (Fsp3) is 0.346. The molecule has 2 saturated heterocycles. The number of hydrogen-bond acceptors (Lipinski definition) is 15. The second-order valence-corrected chi connectivity index (χ2v) is 13.0. The number of piperazine rings is 1. The average Bonchev–Trinajstić information content (AvgIpc) is 3.46. The van der Waals surface area contributed by atoms with E-state index >= 15 is 0 Å². The number of carbonyl (C=O) groups is 7. The Hall–Kier alpha value is -5.35. The van der Waals surface area contributed by atoms with Crippen molar-refractivity contribution in [3.63, 3.8) is 0 Å². The number of aliphatic carboxylic acids is 2. The third-order valence-corrected chi connectivity index (χ3v) is 9.26. The van der Waals surface area contributed by atoms with Gasteiger partial charge in [-0.1, -0.05) is 16.8 Å². The monoisotopic (exact) mass is 742 g/mol. The molecular formula is C26H27ClN8O12S2. The molecule has 262 valence electrons. The number of amides is 5. The van der Waals surface area contributed by atoms with E-state index in [1.165, 1.54) is 19.2 Å². The zero-order valence-electron chi connectivity index (χ0n) is 25.3. The summed E-state index contributed by atoms with van der Waals surface area (Å²) in [6.45, 7) is 1.26. The lowest BCUT2D eigenvalue weighted by molar-refractivity contribution is -0.161. The Bertz CT molecular complexity index is 1770. The van der Waals surface area contributed by atoms with Gasteiger partial charge in [-0.05, 0) is 26.0 Å².